The number of ether oxygens (including phenoxy) is 2. The van der Waals surface area contributed by atoms with Gasteiger partial charge in [0.25, 0.3) is 5.69 Å². The Morgan fingerprint density at radius 2 is 1.75 bits per heavy atom. The lowest BCUT2D eigenvalue weighted by molar-refractivity contribution is -0.384. The molecule has 0 heterocycles. The number of non-ortho nitro benzene ring substituents is 1. The molecule has 0 amide bonds. The van der Waals surface area contributed by atoms with Gasteiger partial charge in [-0.2, -0.15) is 0 Å². The predicted octanol–water partition coefficient (Wildman–Crippen LogP) is 7.34. The standard InChI is InChI=1S/C24H23ClN2O4S/c1-4-16(2)31-24-22(25)13-17(14-23(24)30-3)15-26-18-5-9-20(10-6-18)32-21-11-7-19(8-12-21)27(28)29/h5-16H,4H2,1-3H3/t16-/m1/s1. The number of nitro benzene ring substituents is 1. The Bertz CT molecular complexity index is 1100. The van der Waals surface area contributed by atoms with E-state index in [1.165, 1.54) is 23.9 Å². The number of hydrogen-bond acceptors (Lipinski definition) is 6. The van der Waals surface area contributed by atoms with Gasteiger partial charge >= 0.3 is 0 Å². The van der Waals surface area contributed by atoms with Crippen LogP contribution in [0.5, 0.6) is 11.5 Å². The average Bonchev–Trinajstić information content (AvgIpc) is 2.80. The molecule has 6 nitrogen and oxygen atoms in total. The lowest BCUT2D eigenvalue weighted by Gasteiger charge is -2.17. The van der Waals surface area contributed by atoms with Gasteiger partial charge in [-0.15, -0.1) is 0 Å². The van der Waals surface area contributed by atoms with Gasteiger partial charge in [0.2, 0.25) is 0 Å². The lowest BCUT2D eigenvalue weighted by atomic mass is 10.2. The number of halogens is 1. The summed E-state index contributed by atoms with van der Waals surface area (Å²) in [6, 6.07) is 17.8. The fourth-order valence-electron chi connectivity index (χ4n) is 2.73. The Morgan fingerprint density at radius 1 is 1.12 bits per heavy atom. The number of nitrogens with zero attached hydrogens (tertiary/aromatic N) is 2. The molecular weight excluding hydrogens is 448 g/mol. The van der Waals surface area contributed by atoms with Crippen molar-refractivity contribution in [2.45, 2.75) is 36.2 Å². The van der Waals surface area contributed by atoms with Crippen LogP contribution in [0, 0.1) is 10.1 Å². The van der Waals surface area contributed by atoms with Crippen molar-refractivity contribution in [1.82, 2.24) is 0 Å². The topological polar surface area (TPSA) is 74.0 Å². The molecule has 0 saturated heterocycles. The van der Waals surface area contributed by atoms with Gasteiger partial charge in [0.05, 0.1) is 28.8 Å². The zero-order valence-electron chi connectivity index (χ0n) is 17.9. The zero-order chi connectivity index (χ0) is 23.1. The Morgan fingerprint density at radius 3 is 2.31 bits per heavy atom. The zero-order valence-corrected chi connectivity index (χ0v) is 19.5. The third kappa shape index (κ3) is 6.24. The maximum atomic E-state index is 10.8. The third-order valence-corrected chi connectivity index (χ3v) is 5.92. The van der Waals surface area contributed by atoms with Gasteiger partial charge in [-0.05, 0) is 67.4 Å². The monoisotopic (exact) mass is 470 g/mol. The van der Waals surface area contributed by atoms with E-state index >= 15 is 0 Å². The number of hydrogen-bond donors (Lipinski definition) is 0. The third-order valence-electron chi connectivity index (χ3n) is 4.63. The first kappa shape index (κ1) is 23.6. The number of nitro groups is 1. The normalized spacial score (nSPS) is 12.0. The van der Waals surface area contributed by atoms with Crippen molar-refractivity contribution < 1.29 is 14.4 Å². The van der Waals surface area contributed by atoms with E-state index in [-0.39, 0.29) is 11.8 Å². The van der Waals surface area contributed by atoms with Crippen LogP contribution in [-0.4, -0.2) is 24.4 Å². The summed E-state index contributed by atoms with van der Waals surface area (Å²) in [6.07, 6.45) is 2.62. The minimum Gasteiger partial charge on any atom is -0.493 e. The summed E-state index contributed by atoms with van der Waals surface area (Å²) in [5.41, 5.74) is 1.66. The summed E-state index contributed by atoms with van der Waals surface area (Å²) < 4.78 is 11.3. The van der Waals surface area contributed by atoms with Crippen LogP contribution in [0.15, 0.2) is 75.4 Å². The van der Waals surface area contributed by atoms with E-state index in [1.54, 1.807) is 31.5 Å². The van der Waals surface area contributed by atoms with E-state index in [9.17, 15) is 10.1 Å². The molecule has 1 atom stereocenters. The minimum absolute atomic E-state index is 0.0308. The van der Waals surface area contributed by atoms with Crippen molar-refractivity contribution in [2.24, 2.45) is 4.99 Å². The van der Waals surface area contributed by atoms with E-state index < -0.39 is 4.92 Å². The maximum Gasteiger partial charge on any atom is 0.269 e. The molecule has 3 rings (SSSR count). The van der Waals surface area contributed by atoms with Crippen molar-refractivity contribution in [3.8, 4) is 11.5 Å². The molecule has 0 N–H and O–H groups in total. The molecule has 0 aliphatic rings. The molecule has 32 heavy (non-hydrogen) atoms. The van der Waals surface area contributed by atoms with E-state index in [0.29, 0.717) is 16.5 Å². The molecule has 0 aliphatic carbocycles. The van der Waals surface area contributed by atoms with Gasteiger partial charge in [-0.1, -0.05) is 30.3 Å². The SMILES string of the molecule is CC[C@@H](C)Oc1c(Cl)cc(C=Nc2ccc(Sc3ccc([N+](=O)[O-])cc3)cc2)cc1OC. The Labute approximate surface area is 196 Å². The number of benzene rings is 3. The van der Waals surface area contributed by atoms with Gasteiger partial charge in [-0.3, -0.25) is 15.1 Å². The number of methoxy groups -OCH3 is 1. The van der Waals surface area contributed by atoms with Crippen LogP contribution in [-0.2, 0) is 0 Å². The van der Waals surface area contributed by atoms with Crippen LogP contribution < -0.4 is 9.47 Å². The molecule has 3 aromatic rings. The molecule has 0 bridgehead atoms. The van der Waals surface area contributed by atoms with Crippen molar-refractivity contribution in [1.29, 1.82) is 0 Å². The molecule has 0 radical (unpaired) electrons. The van der Waals surface area contributed by atoms with Crippen LogP contribution >= 0.6 is 23.4 Å². The van der Waals surface area contributed by atoms with Crippen molar-refractivity contribution in [2.75, 3.05) is 7.11 Å². The fourth-order valence-corrected chi connectivity index (χ4v) is 3.81. The first-order chi connectivity index (χ1) is 15.4. The first-order valence-corrected chi connectivity index (χ1v) is 11.2. The van der Waals surface area contributed by atoms with E-state index in [0.717, 1.165) is 27.5 Å². The van der Waals surface area contributed by atoms with Gasteiger partial charge < -0.3 is 9.47 Å². The number of aliphatic imine (C=N–C) groups is 1. The van der Waals surface area contributed by atoms with E-state index in [4.69, 9.17) is 21.1 Å². The van der Waals surface area contributed by atoms with Gasteiger partial charge in [0.15, 0.2) is 11.5 Å². The highest BCUT2D eigenvalue weighted by Gasteiger charge is 2.14. The maximum absolute atomic E-state index is 10.8. The molecule has 0 aliphatic heterocycles. The number of rotatable bonds is 9. The summed E-state index contributed by atoms with van der Waals surface area (Å²) in [4.78, 5) is 16.8. The Balaban J connectivity index is 1.70. The quantitative estimate of drug-likeness (QED) is 0.186. The molecule has 3 aromatic carbocycles. The Hall–Kier alpha value is -3.03. The Kier molecular flexibility index (Phi) is 8.14. The molecular formula is C24H23ClN2O4S. The largest absolute Gasteiger partial charge is 0.493 e. The van der Waals surface area contributed by atoms with Crippen LogP contribution in [0.1, 0.15) is 25.8 Å². The van der Waals surface area contributed by atoms with Crippen molar-refractivity contribution >= 4 is 41.0 Å². The highest BCUT2D eigenvalue weighted by atomic mass is 35.5. The van der Waals surface area contributed by atoms with Crippen LogP contribution in [0.25, 0.3) is 0 Å². The van der Waals surface area contributed by atoms with Crippen LogP contribution in [0.3, 0.4) is 0 Å². The summed E-state index contributed by atoms with van der Waals surface area (Å²) in [6.45, 7) is 4.02. The molecule has 8 heteroatoms. The van der Waals surface area contributed by atoms with Gasteiger partial charge in [0, 0.05) is 28.1 Å². The van der Waals surface area contributed by atoms with Gasteiger partial charge in [0.1, 0.15) is 0 Å². The van der Waals surface area contributed by atoms with Crippen LogP contribution in [0.4, 0.5) is 11.4 Å². The second-order valence-corrected chi connectivity index (χ2v) is 8.53. The first-order valence-electron chi connectivity index (χ1n) is 10.00. The molecule has 166 valence electrons. The van der Waals surface area contributed by atoms with E-state index in [1.807, 2.05) is 44.2 Å². The fraction of sp³-hybridized carbons (Fsp3) is 0.208. The summed E-state index contributed by atoms with van der Waals surface area (Å²) >= 11 is 7.94. The molecule has 0 unspecified atom stereocenters. The minimum atomic E-state index is -0.406. The summed E-state index contributed by atoms with van der Waals surface area (Å²) in [5, 5.41) is 11.2. The van der Waals surface area contributed by atoms with Crippen LogP contribution in [0.2, 0.25) is 5.02 Å². The molecule has 0 aromatic heterocycles. The smallest absolute Gasteiger partial charge is 0.269 e. The van der Waals surface area contributed by atoms with E-state index in [2.05, 4.69) is 4.99 Å². The van der Waals surface area contributed by atoms with Crippen molar-refractivity contribution in [3.63, 3.8) is 0 Å². The summed E-state index contributed by atoms with van der Waals surface area (Å²) in [7, 11) is 1.58. The van der Waals surface area contributed by atoms with Gasteiger partial charge in [-0.25, -0.2) is 0 Å². The summed E-state index contributed by atoms with van der Waals surface area (Å²) in [5.74, 6) is 1.10. The average molecular weight is 471 g/mol. The highest BCUT2D eigenvalue weighted by Crippen LogP contribution is 2.37. The second kappa shape index (κ2) is 11.0. The second-order valence-electron chi connectivity index (χ2n) is 6.98. The highest BCUT2D eigenvalue weighted by molar-refractivity contribution is 7.99. The predicted molar refractivity (Wildman–Crippen MR) is 129 cm³/mol. The lowest BCUT2D eigenvalue weighted by Crippen LogP contribution is -2.11. The molecule has 0 fully saturated rings. The molecule has 0 saturated carbocycles. The van der Waals surface area contributed by atoms with Crippen molar-refractivity contribution in [3.05, 3.63) is 81.4 Å². The molecule has 0 spiro atoms.